The van der Waals surface area contributed by atoms with E-state index in [1.165, 1.54) is 12.8 Å². The van der Waals surface area contributed by atoms with Crippen LogP contribution >= 0.6 is 0 Å². The summed E-state index contributed by atoms with van der Waals surface area (Å²) in [6.07, 6.45) is 4.55. The Labute approximate surface area is 85.8 Å². The number of hydrogen-bond acceptors (Lipinski definition) is 3. The molecule has 2 fully saturated rings. The molecule has 1 aliphatic heterocycles. The predicted octanol–water partition coefficient (Wildman–Crippen LogP) is 1.26. The summed E-state index contributed by atoms with van der Waals surface area (Å²) < 4.78 is 6.11. The molecule has 2 aliphatic rings. The fraction of sp³-hybridized carbons (Fsp3) is 1.00. The summed E-state index contributed by atoms with van der Waals surface area (Å²) in [5.74, 6) is 0.276. The molecular formula is C11H21NO2. The van der Waals surface area contributed by atoms with Gasteiger partial charge in [-0.2, -0.15) is 0 Å². The van der Waals surface area contributed by atoms with Crippen LogP contribution in [-0.4, -0.2) is 29.6 Å². The van der Waals surface area contributed by atoms with Crippen LogP contribution in [0.5, 0.6) is 0 Å². The van der Waals surface area contributed by atoms with Crippen LogP contribution in [0.1, 0.15) is 39.5 Å². The molecule has 82 valence electrons. The van der Waals surface area contributed by atoms with Gasteiger partial charge in [-0.15, -0.1) is 0 Å². The Kier molecular flexibility index (Phi) is 2.58. The van der Waals surface area contributed by atoms with E-state index < -0.39 is 0 Å². The third kappa shape index (κ3) is 1.69. The molecule has 0 bridgehead atoms. The number of aliphatic hydroxyl groups is 1. The van der Waals surface area contributed by atoms with Gasteiger partial charge >= 0.3 is 0 Å². The van der Waals surface area contributed by atoms with E-state index in [1.807, 2.05) is 0 Å². The largest absolute Gasteiger partial charge is 0.396 e. The van der Waals surface area contributed by atoms with Crippen molar-refractivity contribution in [2.75, 3.05) is 13.2 Å². The van der Waals surface area contributed by atoms with Gasteiger partial charge in [0.05, 0.1) is 5.60 Å². The second-order valence-corrected chi connectivity index (χ2v) is 5.23. The molecule has 3 heteroatoms. The molecule has 0 aromatic rings. The third-order valence-corrected chi connectivity index (χ3v) is 3.50. The van der Waals surface area contributed by atoms with Crippen LogP contribution in [0.25, 0.3) is 0 Å². The van der Waals surface area contributed by atoms with Crippen LogP contribution in [0.3, 0.4) is 0 Å². The van der Waals surface area contributed by atoms with E-state index in [4.69, 9.17) is 4.74 Å². The zero-order chi connectivity index (χ0) is 10.2. The lowest BCUT2D eigenvalue weighted by molar-refractivity contribution is -0.149. The molecule has 0 aromatic heterocycles. The summed E-state index contributed by atoms with van der Waals surface area (Å²) in [6, 6.07) is 0. The van der Waals surface area contributed by atoms with Gasteiger partial charge in [0.15, 0.2) is 0 Å². The minimum atomic E-state index is -0.226. The van der Waals surface area contributed by atoms with Gasteiger partial charge < -0.3 is 9.84 Å². The van der Waals surface area contributed by atoms with Crippen molar-refractivity contribution in [2.45, 2.75) is 50.9 Å². The Hall–Kier alpha value is -0.120. The topological polar surface area (TPSA) is 41.5 Å². The molecule has 1 saturated heterocycles. The molecule has 2 atom stereocenters. The molecule has 2 N–H and O–H groups in total. The monoisotopic (exact) mass is 199 g/mol. The number of rotatable bonds is 1. The van der Waals surface area contributed by atoms with Crippen LogP contribution in [-0.2, 0) is 4.74 Å². The molecule has 14 heavy (non-hydrogen) atoms. The van der Waals surface area contributed by atoms with Crippen LogP contribution in [0.2, 0.25) is 0 Å². The zero-order valence-electron chi connectivity index (χ0n) is 9.18. The van der Waals surface area contributed by atoms with Gasteiger partial charge in [-0.3, -0.25) is 5.32 Å². The van der Waals surface area contributed by atoms with Gasteiger partial charge in [0.2, 0.25) is 0 Å². The summed E-state index contributed by atoms with van der Waals surface area (Å²) >= 11 is 0. The molecule has 0 amide bonds. The summed E-state index contributed by atoms with van der Waals surface area (Å²) in [5, 5.41) is 12.8. The fourth-order valence-corrected chi connectivity index (χ4v) is 2.75. The van der Waals surface area contributed by atoms with Crippen molar-refractivity contribution in [3.05, 3.63) is 0 Å². The van der Waals surface area contributed by atoms with Crippen LogP contribution in [0.15, 0.2) is 0 Å². The SMILES string of the molecule is CC1(C)CNC2(CCCCC2CO)O1. The average Bonchev–Trinajstić information content (AvgIpc) is 2.44. The second kappa shape index (κ2) is 3.47. The quantitative estimate of drug-likeness (QED) is 0.668. The molecule has 2 rings (SSSR count). The highest BCUT2D eigenvalue weighted by Gasteiger charge is 2.49. The Morgan fingerprint density at radius 2 is 2.21 bits per heavy atom. The first-order valence-electron chi connectivity index (χ1n) is 5.64. The first-order valence-corrected chi connectivity index (χ1v) is 5.64. The van der Waals surface area contributed by atoms with Crippen LogP contribution in [0, 0.1) is 5.92 Å². The van der Waals surface area contributed by atoms with E-state index in [-0.39, 0.29) is 23.9 Å². The molecule has 1 saturated carbocycles. The fourth-order valence-electron chi connectivity index (χ4n) is 2.75. The summed E-state index contributed by atoms with van der Waals surface area (Å²) in [6.45, 7) is 5.35. The van der Waals surface area contributed by atoms with Crippen molar-refractivity contribution >= 4 is 0 Å². The predicted molar refractivity (Wildman–Crippen MR) is 54.9 cm³/mol. The van der Waals surface area contributed by atoms with Crippen molar-refractivity contribution < 1.29 is 9.84 Å². The van der Waals surface area contributed by atoms with Crippen LogP contribution in [0.4, 0.5) is 0 Å². The first-order chi connectivity index (χ1) is 6.58. The minimum Gasteiger partial charge on any atom is -0.396 e. The number of aliphatic hydroxyl groups excluding tert-OH is 1. The van der Waals surface area contributed by atoms with E-state index in [0.717, 1.165) is 19.4 Å². The maximum absolute atomic E-state index is 9.37. The van der Waals surface area contributed by atoms with Crippen molar-refractivity contribution in [2.24, 2.45) is 5.92 Å². The highest BCUT2D eigenvalue weighted by molar-refractivity contribution is 4.98. The van der Waals surface area contributed by atoms with Crippen molar-refractivity contribution in [3.63, 3.8) is 0 Å². The highest BCUT2D eigenvalue weighted by atomic mass is 16.6. The molecular weight excluding hydrogens is 178 g/mol. The molecule has 0 radical (unpaired) electrons. The highest BCUT2D eigenvalue weighted by Crippen LogP contribution is 2.40. The van der Waals surface area contributed by atoms with Gasteiger partial charge in [-0.25, -0.2) is 0 Å². The lowest BCUT2D eigenvalue weighted by Crippen LogP contribution is -2.51. The normalized spacial score (nSPS) is 41.8. The molecule has 1 aliphatic carbocycles. The summed E-state index contributed by atoms with van der Waals surface area (Å²) in [7, 11) is 0. The molecule has 0 aromatic carbocycles. The van der Waals surface area contributed by atoms with E-state index in [2.05, 4.69) is 19.2 Å². The Morgan fingerprint density at radius 3 is 2.79 bits per heavy atom. The zero-order valence-corrected chi connectivity index (χ0v) is 9.18. The maximum Gasteiger partial charge on any atom is 0.125 e. The first kappa shape index (κ1) is 10.4. The number of nitrogens with one attached hydrogen (secondary N) is 1. The van der Waals surface area contributed by atoms with Crippen molar-refractivity contribution in [3.8, 4) is 0 Å². The molecule has 2 unspecified atom stereocenters. The van der Waals surface area contributed by atoms with E-state index >= 15 is 0 Å². The van der Waals surface area contributed by atoms with E-state index in [9.17, 15) is 5.11 Å². The van der Waals surface area contributed by atoms with Crippen LogP contribution < -0.4 is 5.32 Å². The molecule has 1 heterocycles. The van der Waals surface area contributed by atoms with Crippen molar-refractivity contribution in [1.29, 1.82) is 0 Å². The Bertz CT molecular complexity index is 217. The molecule has 1 spiro atoms. The standard InChI is InChI=1S/C11H21NO2/c1-10(2)8-12-11(14-10)6-4-3-5-9(11)7-13/h9,12-13H,3-8H2,1-2H3. The number of ether oxygens (including phenoxy) is 1. The Morgan fingerprint density at radius 1 is 1.43 bits per heavy atom. The summed E-state index contributed by atoms with van der Waals surface area (Å²) in [5.41, 5.74) is -0.304. The Balaban J connectivity index is 2.13. The third-order valence-electron chi connectivity index (χ3n) is 3.50. The van der Waals surface area contributed by atoms with Gasteiger partial charge in [-0.1, -0.05) is 6.42 Å². The lowest BCUT2D eigenvalue weighted by Gasteiger charge is -2.41. The second-order valence-electron chi connectivity index (χ2n) is 5.23. The van der Waals surface area contributed by atoms with E-state index in [1.54, 1.807) is 0 Å². The lowest BCUT2D eigenvalue weighted by atomic mass is 9.82. The van der Waals surface area contributed by atoms with E-state index in [0.29, 0.717) is 0 Å². The van der Waals surface area contributed by atoms with Gasteiger partial charge in [0.1, 0.15) is 5.72 Å². The van der Waals surface area contributed by atoms with Crippen molar-refractivity contribution in [1.82, 2.24) is 5.32 Å². The smallest absolute Gasteiger partial charge is 0.125 e. The summed E-state index contributed by atoms with van der Waals surface area (Å²) in [4.78, 5) is 0. The van der Waals surface area contributed by atoms with Gasteiger partial charge in [0.25, 0.3) is 0 Å². The molecule has 3 nitrogen and oxygen atoms in total. The number of hydrogen-bond donors (Lipinski definition) is 2. The minimum absolute atomic E-state index is 0.0786. The maximum atomic E-state index is 9.37. The van der Waals surface area contributed by atoms with Gasteiger partial charge in [-0.05, 0) is 33.1 Å². The van der Waals surface area contributed by atoms with Gasteiger partial charge in [0, 0.05) is 19.1 Å². The average molecular weight is 199 g/mol.